The number of benzene rings is 1. The van der Waals surface area contributed by atoms with E-state index in [-0.39, 0.29) is 18.4 Å². The molecule has 6 heteroatoms. The van der Waals surface area contributed by atoms with Crippen LogP contribution in [0, 0.1) is 5.92 Å². The number of amides is 1. The van der Waals surface area contributed by atoms with Gasteiger partial charge < -0.3 is 19.1 Å². The summed E-state index contributed by atoms with van der Waals surface area (Å²) >= 11 is 0. The molecule has 0 bridgehead atoms. The molecule has 0 unspecified atom stereocenters. The minimum absolute atomic E-state index is 0.0952. The number of methoxy groups -OCH3 is 1. The third-order valence-electron chi connectivity index (χ3n) is 3.98. The summed E-state index contributed by atoms with van der Waals surface area (Å²) in [5.74, 6) is 0.206. The Bertz CT molecular complexity index is 502. The lowest BCUT2D eigenvalue weighted by atomic mass is 9.83. The minimum atomic E-state index is -0.554. The zero-order valence-electron chi connectivity index (χ0n) is 13.8. The van der Waals surface area contributed by atoms with Crippen LogP contribution in [0.4, 0.5) is 10.1 Å². The van der Waals surface area contributed by atoms with Gasteiger partial charge in [-0.3, -0.25) is 9.18 Å². The third-order valence-corrected chi connectivity index (χ3v) is 3.98. The number of nitrogens with zero attached hydrogens (tertiary/aromatic N) is 1. The second-order valence-corrected chi connectivity index (χ2v) is 5.26. The van der Waals surface area contributed by atoms with Crippen LogP contribution in [0.25, 0.3) is 0 Å². The quantitative estimate of drug-likeness (QED) is 0.517. The van der Waals surface area contributed by atoms with Crippen LogP contribution in [0.2, 0.25) is 0 Å². The summed E-state index contributed by atoms with van der Waals surface area (Å²) in [5, 5.41) is 0. The highest BCUT2D eigenvalue weighted by atomic mass is 19.1. The number of ether oxygens (including phenoxy) is 3. The molecule has 1 fully saturated rings. The van der Waals surface area contributed by atoms with E-state index >= 15 is 0 Å². The fraction of sp³-hybridized carbons (Fsp3) is 0.588. The molecule has 2 rings (SSSR count). The molecule has 1 saturated heterocycles. The molecule has 23 heavy (non-hydrogen) atoms. The van der Waals surface area contributed by atoms with Crippen molar-refractivity contribution in [3.05, 3.63) is 24.3 Å². The number of rotatable bonds is 9. The van der Waals surface area contributed by atoms with E-state index < -0.39 is 18.9 Å². The van der Waals surface area contributed by atoms with E-state index in [1.807, 2.05) is 26.0 Å². The van der Waals surface area contributed by atoms with Crippen LogP contribution >= 0.6 is 0 Å². The molecule has 5 nitrogen and oxygen atoms in total. The first kappa shape index (κ1) is 17.7. The van der Waals surface area contributed by atoms with Crippen LogP contribution in [0.1, 0.15) is 20.3 Å². The number of alkyl halides is 1. The predicted molar refractivity (Wildman–Crippen MR) is 85.4 cm³/mol. The molecule has 1 aliphatic rings. The zero-order valence-corrected chi connectivity index (χ0v) is 13.8. The Hall–Kier alpha value is -1.66. The van der Waals surface area contributed by atoms with Gasteiger partial charge in [0.1, 0.15) is 5.75 Å². The first-order chi connectivity index (χ1) is 11.2. The van der Waals surface area contributed by atoms with E-state index in [9.17, 15) is 9.18 Å². The van der Waals surface area contributed by atoms with Crippen LogP contribution in [0.15, 0.2) is 24.3 Å². The van der Waals surface area contributed by atoms with Crippen LogP contribution in [0.3, 0.4) is 0 Å². The molecule has 0 N–H and O–H groups in total. The highest BCUT2D eigenvalue weighted by Gasteiger charge is 2.52. The Morgan fingerprint density at radius 1 is 1.17 bits per heavy atom. The highest BCUT2D eigenvalue weighted by molar-refractivity contribution is 6.03. The van der Waals surface area contributed by atoms with Crippen molar-refractivity contribution in [2.75, 3.05) is 31.9 Å². The maximum atomic E-state index is 12.8. The van der Waals surface area contributed by atoms with Crippen LogP contribution in [-0.4, -0.2) is 45.2 Å². The van der Waals surface area contributed by atoms with Gasteiger partial charge in [0.25, 0.3) is 0 Å². The van der Waals surface area contributed by atoms with E-state index in [1.54, 1.807) is 24.1 Å². The van der Waals surface area contributed by atoms with Gasteiger partial charge in [0.15, 0.2) is 6.29 Å². The smallest absolute Gasteiger partial charge is 0.232 e. The number of hydrogen-bond donors (Lipinski definition) is 0. The molecule has 1 amide bonds. The van der Waals surface area contributed by atoms with Gasteiger partial charge >= 0.3 is 0 Å². The van der Waals surface area contributed by atoms with Crippen LogP contribution in [-0.2, 0) is 14.3 Å². The lowest BCUT2D eigenvalue weighted by Gasteiger charge is -2.49. The summed E-state index contributed by atoms with van der Waals surface area (Å²) in [5.41, 5.74) is 0.736. The van der Waals surface area contributed by atoms with E-state index in [0.717, 1.165) is 5.69 Å². The predicted octanol–water partition coefficient (Wildman–Crippen LogP) is 2.79. The van der Waals surface area contributed by atoms with E-state index in [0.29, 0.717) is 19.0 Å². The summed E-state index contributed by atoms with van der Waals surface area (Å²) in [6, 6.07) is 6.89. The summed E-state index contributed by atoms with van der Waals surface area (Å²) in [6.45, 7) is 4.14. The summed E-state index contributed by atoms with van der Waals surface area (Å²) in [7, 11) is 1.59. The van der Waals surface area contributed by atoms with Crippen molar-refractivity contribution in [1.82, 2.24) is 0 Å². The third kappa shape index (κ3) is 3.64. The number of anilines is 1. The monoisotopic (exact) mass is 325 g/mol. The maximum absolute atomic E-state index is 12.8. The highest BCUT2D eigenvalue weighted by Crippen LogP contribution is 2.38. The molecule has 0 spiro atoms. The number of halogens is 1. The fourth-order valence-corrected chi connectivity index (χ4v) is 2.91. The zero-order chi connectivity index (χ0) is 16.8. The Morgan fingerprint density at radius 2 is 1.78 bits per heavy atom. The topological polar surface area (TPSA) is 48.0 Å². The van der Waals surface area contributed by atoms with E-state index in [2.05, 4.69) is 0 Å². The maximum Gasteiger partial charge on any atom is 0.232 e. The molecular weight excluding hydrogens is 301 g/mol. The van der Waals surface area contributed by atoms with Crippen molar-refractivity contribution >= 4 is 11.6 Å². The molecule has 0 aliphatic carbocycles. The van der Waals surface area contributed by atoms with Crippen LogP contribution < -0.4 is 9.64 Å². The second kappa shape index (κ2) is 8.26. The Kier molecular flexibility index (Phi) is 6.36. The van der Waals surface area contributed by atoms with Crippen molar-refractivity contribution in [2.45, 2.75) is 32.6 Å². The van der Waals surface area contributed by atoms with Crippen LogP contribution in [0.5, 0.6) is 5.75 Å². The fourth-order valence-electron chi connectivity index (χ4n) is 2.91. The van der Waals surface area contributed by atoms with Gasteiger partial charge in [0.2, 0.25) is 5.91 Å². The first-order valence-corrected chi connectivity index (χ1v) is 7.94. The van der Waals surface area contributed by atoms with Gasteiger partial charge in [0, 0.05) is 18.9 Å². The lowest BCUT2D eigenvalue weighted by molar-refractivity contribution is -0.177. The number of hydrogen-bond acceptors (Lipinski definition) is 4. The molecule has 1 aliphatic heterocycles. The second-order valence-electron chi connectivity index (χ2n) is 5.26. The van der Waals surface area contributed by atoms with Crippen molar-refractivity contribution in [3.63, 3.8) is 0 Å². The van der Waals surface area contributed by atoms with Crippen molar-refractivity contribution < 1.29 is 23.4 Å². The molecule has 0 saturated carbocycles. The molecule has 1 aromatic rings. The van der Waals surface area contributed by atoms with Gasteiger partial charge in [-0.25, -0.2) is 0 Å². The summed E-state index contributed by atoms with van der Waals surface area (Å²) < 4.78 is 29.2. The van der Waals surface area contributed by atoms with Gasteiger partial charge in [-0.1, -0.05) is 0 Å². The largest absolute Gasteiger partial charge is 0.497 e. The van der Waals surface area contributed by atoms with Crippen molar-refractivity contribution in [1.29, 1.82) is 0 Å². The Morgan fingerprint density at radius 3 is 2.26 bits per heavy atom. The summed E-state index contributed by atoms with van der Waals surface area (Å²) in [4.78, 5) is 14.1. The van der Waals surface area contributed by atoms with Gasteiger partial charge in [0.05, 0.1) is 25.7 Å². The van der Waals surface area contributed by atoms with E-state index in [1.165, 1.54) is 0 Å². The summed E-state index contributed by atoms with van der Waals surface area (Å²) in [6.07, 6.45) is -0.367. The number of carbonyl (C=O) groups excluding carboxylic acids is 1. The number of carbonyl (C=O) groups is 1. The van der Waals surface area contributed by atoms with Crippen molar-refractivity contribution in [2.24, 2.45) is 5.92 Å². The Balaban J connectivity index is 2.25. The standard InChI is InChI=1S/C17H24FNO4/c1-4-22-17(23-5-2)15-14(10-11-18)16(20)19(15)12-6-8-13(21-3)9-7-12/h6-9,14-15,17H,4-5,10-11H2,1-3H3/t14-,15+/m1/s1. The van der Waals surface area contributed by atoms with Gasteiger partial charge in [-0.05, 0) is 44.5 Å². The molecule has 0 radical (unpaired) electrons. The molecule has 1 heterocycles. The average Bonchev–Trinajstić information content (AvgIpc) is 2.57. The lowest BCUT2D eigenvalue weighted by Crippen LogP contribution is -2.67. The molecule has 1 aromatic carbocycles. The Labute approximate surface area is 136 Å². The molecular formula is C17H24FNO4. The van der Waals surface area contributed by atoms with E-state index in [4.69, 9.17) is 14.2 Å². The first-order valence-electron chi connectivity index (χ1n) is 7.94. The average molecular weight is 325 g/mol. The SMILES string of the molecule is CCOC(OCC)[C@@H]1[C@@H](CCF)C(=O)N1c1ccc(OC)cc1. The molecule has 128 valence electrons. The number of β-lactam (4-membered cyclic amide) rings is 1. The van der Waals surface area contributed by atoms with Crippen molar-refractivity contribution in [3.8, 4) is 5.75 Å². The normalized spacial score (nSPS) is 20.7. The van der Waals surface area contributed by atoms with Gasteiger partial charge in [-0.15, -0.1) is 0 Å². The van der Waals surface area contributed by atoms with Gasteiger partial charge in [-0.2, -0.15) is 0 Å². The minimum Gasteiger partial charge on any atom is -0.497 e. The molecule has 2 atom stereocenters. The molecule has 0 aromatic heterocycles.